The van der Waals surface area contributed by atoms with Crippen molar-refractivity contribution in [2.24, 2.45) is 0 Å². The lowest BCUT2D eigenvalue weighted by atomic mass is 10.2. The first kappa shape index (κ1) is 22.6. The SMILES string of the molecule is Cc1c(CNC(=O)c2ccc(=O)n(Cc3cccc(F)c3)n2)sc2nc(-c3ccc(F)cc3)cn12. The van der Waals surface area contributed by atoms with Crippen LogP contribution in [0.25, 0.3) is 16.2 Å². The molecule has 7 nitrogen and oxygen atoms in total. The zero-order valence-electron chi connectivity index (χ0n) is 18.5. The number of imidazole rings is 1. The lowest BCUT2D eigenvalue weighted by Gasteiger charge is -2.08. The second kappa shape index (κ2) is 9.22. The summed E-state index contributed by atoms with van der Waals surface area (Å²) in [6.07, 6.45) is 1.88. The average Bonchev–Trinajstić information content (AvgIpc) is 3.38. The highest BCUT2D eigenvalue weighted by atomic mass is 32.1. The Morgan fingerprint density at radius 1 is 1.06 bits per heavy atom. The number of nitrogens with one attached hydrogen (secondary N) is 1. The molecular weight excluding hydrogens is 472 g/mol. The Bertz CT molecular complexity index is 1600. The third-order valence-electron chi connectivity index (χ3n) is 5.52. The van der Waals surface area contributed by atoms with Gasteiger partial charge in [-0.05, 0) is 55.0 Å². The van der Waals surface area contributed by atoms with Gasteiger partial charge in [-0.2, -0.15) is 5.10 Å². The maximum atomic E-state index is 13.5. The molecule has 0 aliphatic heterocycles. The van der Waals surface area contributed by atoms with Crippen molar-refractivity contribution in [2.45, 2.75) is 20.0 Å². The van der Waals surface area contributed by atoms with Crippen LogP contribution in [0, 0.1) is 18.6 Å². The number of hydrogen-bond acceptors (Lipinski definition) is 5. The van der Waals surface area contributed by atoms with Gasteiger partial charge in [-0.25, -0.2) is 18.4 Å². The second-order valence-corrected chi connectivity index (χ2v) is 8.99. The van der Waals surface area contributed by atoms with E-state index in [1.165, 1.54) is 47.7 Å². The topological polar surface area (TPSA) is 81.3 Å². The first-order valence-electron chi connectivity index (χ1n) is 10.7. The van der Waals surface area contributed by atoms with Gasteiger partial charge in [0.05, 0.1) is 18.8 Å². The van der Waals surface area contributed by atoms with Crippen LogP contribution in [0.1, 0.15) is 26.6 Å². The second-order valence-electron chi connectivity index (χ2n) is 7.92. The molecular formula is C25H19F2N5O2S. The van der Waals surface area contributed by atoms with Crippen LogP contribution < -0.4 is 10.9 Å². The lowest BCUT2D eigenvalue weighted by molar-refractivity contribution is 0.0943. The average molecular weight is 492 g/mol. The number of carbonyl (C=O) groups excluding carboxylic acids is 1. The molecule has 0 saturated heterocycles. The Morgan fingerprint density at radius 2 is 1.86 bits per heavy atom. The van der Waals surface area contributed by atoms with Crippen LogP contribution in [0.5, 0.6) is 0 Å². The summed E-state index contributed by atoms with van der Waals surface area (Å²) >= 11 is 1.44. The summed E-state index contributed by atoms with van der Waals surface area (Å²) in [5.74, 6) is -1.15. The van der Waals surface area contributed by atoms with Crippen molar-refractivity contribution < 1.29 is 13.6 Å². The number of aromatic nitrogens is 4. The van der Waals surface area contributed by atoms with E-state index in [2.05, 4.69) is 15.4 Å². The molecule has 0 aliphatic rings. The van der Waals surface area contributed by atoms with Crippen LogP contribution in [0.3, 0.4) is 0 Å². The van der Waals surface area contributed by atoms with Gasteiger partial charge in [0, 0.05) is 28.4 Å². The molecule has 0 bridgehead atoms. The predicted molar refractivity (Wildman–Crippen MR) is 128 cm³/mol. The first-order chi connectivity index (χ1) is 16.9. The van der Waals surface area contributed by atoms with E-state index in [0.29, 0.717) is 5.56 Å². The molecule has 1 amide bonds. The summed E-state index contributed by atoms with van der Waals surface area (Å²) in [6.45, 7) is 2.24. The van der Waals surface area contributed by atoms with Crippen LogP contribution in [0.4, 0.5) is 8.78 Å². The van der Waals surface area contributed by atoms with Gasteiger partial charge >= 0.3 is 0 Å². The summed E-state index contributed by atoms with van der Waals surface area (Å²) < 4.78 is 29.7. The van der Waals surface area contributed by atoms with E-state index in [1.807, 2.05) is 17.5 Å². The molecule has 3 aromatic heterocycles. The van der Waals surface area contributed by atoms with Crippen molar-refractivity contribution in [3.63, 3.8) is 0 Å². The summed E-state index contributed by atoms with van der Waals surface area (Å²) in [5.41, 5.74) is 2.73. The number of halogens is 2. The van der Waals surface area contributed by atoms with Crippen LogP contribution in [0.15, 0.2) is 71.7 Å². The number of hydrogen-bond donors (Lipinski definition) is 1. The third-order valence-corrected chi connectivity index (χ3v) is 6.68. The van der Waals surface area contributed by atoms with E-state index in [1.54, 1.807) is 24.3 Å². The summed E-state index contributed by atoms with van der Waals surface area (Å²) in [6, 6.07) is 14.6. The highest BCUT2D eigenvalue weighted by Gasteiger charge is 2.15. The minimum Gasteiger partial charge on any atom is -0.346 e. The molecule has 35 heavy (non-hydrogen) atoms. The number of thiazole rings is 1. The number of nitrogens with zero attached hydrogens (tertiary/aromatic N) is 4. The fourth-order valence-corrected chi connectivity index (χ4v) is 4.70. The van der Waals surface area contributed by atoms with Crippen LogP contribution >= 0.6 is 11.3 Å². The fraction of sp³-hybridized carbons (Fsp3) is 0.120. The van der Waals surface area contributed by atoms with Gasteiger partial charge in [0.25, 0.3) is 11.5 Å². The number of aryl methyl sites for hydroxylation is 1. The molecule has 0 atom stereocenters. The summed E-state index contributed by atoms with van der Waals surface area (Å²) in [7, 11) is 0. The molecule has 1 N–H and O–H groups in total. The zero-order valence-corrected chi connectivity index (χ0v) is 19.4. The standard InChI is InChI=1S/C25H19F2N5O2S/c1-15-22(35-25-29-21(14-31(15)25)17-5-7-18(26)8-6-17)12-28-24(34)20-9-10-23(33)32(30-20)13-16-3-2-4-19(27)11-16/h2-11,14H,12-13H2,1H3,(H,28,34). The highest BCUT2D eigenvalue weighted by molar-refractivity contribution is 7.17. The van der Waals surface area contributed by atoms with Gasteiger partial charge in [0.2, 0.25) is 0 Å². The van der Waals surface area contributed by atoms with E-state index in [9.17, 15) is 18.4 Å². The number of benzene rings is 2. The molecule has 176 valence electrons. The van der Waals surface area contributed by atoms with E-state index < -0.39 is 17.3 Å². The Labute approximate surface area is 202 Å². The van der Waals surface area contributed by atoms with Gasteiger partial charge < -0.3 is 5.32 Å². The van der Waals surface area contributed by atoms with Crippen molar-refractivity contribution in [2.75, 3.05) is 0 Å². The maximum Gasteiger partial charge on any atom is 0.272 e. The maximum absolute atomic E-state index is 13.5. The van der Waals surface area contributed by atoms with Crippen molar-refractivity contribution in [1.29, 1.82) is 0 Å². The number of carbonyl (C=O) groups is 1. The lowest BCUT2D eigenvalue weighted by Crippen LogP contribution is -2.29. The highest BCUT2D eigenvalue weighted by Crippen LogP contribution is 2.27. The molecule has 5 aromatic rings. The fourth-order valence-electron chi connectivity index (χ4n) is 3.66. The van der Waals surface area contributed by atoms with Gasteiger partial charge in [-0.1, -0.05) is 23.5 Å². The van der Waals surface area contributed by atoms with E-state index in [4.69, 9.17) is 0 Å². The minimum atomic E-state index is -0.435. The Morgan fingerprint density at radius 3 is 2.60 bits per heavy atom. The molecule has 0 aliphatic carbocycles. The van der Waals surface area contributed by atoms with Gasteiger partial charge in [-0.3, -0.25) is 14.0 Å². The third kappa shape index (κ3) is 4.73. The molecule has 0 radical (unpaired) electrons. The zero-order chi connectivity index (χ0) is 24.5. The molecule has 2 aromatic carbocycles. The summed E-state index contributed by atoms with van der Waals surface area (Å²) in [5, 5.41) is 6.97. The Balaban J connectivity index is 1.30. The first-order valence-corrected chi connectivity index (χ1v) is 11.5. The number of fused-ring (bicyclic) bond motifs is 1. The van der Waals surface area contributed by atoms with Crippen molar-refractivity contribution in [3.8, 4) is 11.3 Å². The van der Waals surface area contributed by atoms with Crippen molar-refractivity contribution in [3.05, 3.63) is 111 Å². The number of amides is 1. The van der Waals surface area contributed by atoms with Crippen molar-refractivity contribution in [1.82, 2.24) is 24.5 Å². The quantitative estimate of drug-likeness (QED) is 0.386. The largest absolute Gasteiger partial charge is 0.346 e. The summed E-state index contributed by atoms with van der Waals surface area (Å²) in [4.78, 5) is 31.2. The Kier molecular flexibility index (Phi) is 5.96. The van der Waals surface area contributed by atoms with Gasteiger partial charge in [0.15, 0.2) is 4.96 Å². The predicted octanol–water partition coefficient (Wildman–Crippen LogP) is 4.18. The van der Waals surface area contributed by atoms with Gasteiger partial charge in [-0.15, -0.1) is 0 Å². The van der Waals surface area contributed by atoms with Crippen LogP contribution in [-0.2, 0) is 13.1 Å². The van der Waals surface area contributed by atoms with Crippen LogP contribution in [0.2, 0.25) is 0 Å². The van der Waals surface area contributed by atoms with Crippen LogP contribution in [-0.4, -0.2) is 25.1 Å². The molecule has 5 rings (SSSR count). The van der Waals surface area contributed by atoms with E-state index in [0.717, 1.165) is 31.5 Å². The van der Waals surface area contributed by atoms with E-state index in [-0.39, 0.29) is 24.6 Å². The van der Waals surface area contributed by atoms with Crippen molar-refractivity contribution >= 4 is 22.2 Å². The normalized spacial score (nSPS) is 11.2. The molecule has 0 saturated carbocycles. The molecule has 0 spiro atoms. The number of rotatable bonds is 6. The Hall–Kier alpha value is -4.18. The smallest absolute Gasteiger partial charge is 0.272 e. The monoisotopic (exact) mass is 491 g/mol. The minimum absolute atomic E-state index is 0.0509. The molecule has 0 fully saturated rings. The molecule has 0 unspecified atom stereocenters. The van der Waals surface area contributed by atoms with Gasteiger partial charge in [0.1, 0.15) is 17.3 Å². The van der Waals surface area contributed by atoms with E-state index >= 15 is 0 Å². The molecule has 10 heteroatoms. The molecule has 3 heterocycles.